The van der Waals surface area contributed by atoms with Crippen molar-refractivity contribution in [1.29, 1.82) is 0 Å². The van der Waals surface area contributed by atoms with Gasteiger partial charge in [-0.25, -0.2) is 4.79 Å². The number of fused-ring (bicyclic) bond motifs is 6. The smallest absolute Gasteiger partial charge is 0.342 e. The van der Waals surface area contributed by atoms with Gasteiger partial charge in [-0.15, -0.1) is 0 Å². The fourth-order valence-electron chi connectivity index (χ4n) is 9.18. The number of hydrogen-bond acceptors (Lipinski definition) is 15. The van der Waals surface area contributed by atoms with Crippen molar-refractivity contribution in [2.24, 2.45) is 11.8 Å². The van der Waals surface area contributed by atoms with Gasteiger partial charge in [0, 0.05) is 58.5 Å². The Morgan fingerprint density at radius 2 is 1.38 bits per heavy atom. The molecule has 0 amide bonds. The Labute approximate surface area is 355 Å². The molecule has 0 spiro atoms. The lowest BCUT2D eigenvalue weighted by molar-refractivity contribution is -0.319. The fourth-order valence-corrected chi connectivity index (χ4v) is 9.18. The van der Waals surface area contributed by atoms with Crippen LogP contribution in [0.5, 0.6) is 0 Å². The van der Waals surface area contributed by atoms with E-state index in [-0.39, 0.29) is 69.0 Å². The Hall–Kier alpha value is -2.92. The molecule has 0 unspecified atom stereocenters. The number of carbonyl (C=O) groups excluding carboxylic acids is 4. The van der Waals surface area contributed by atoms with Crippen molar-refractivity contribution in [1.82, 2.24) is 0 Å². The van der Waals surface area contributed by atoms with E-state index in [0.29, 0.717) is 44.9 Å². The molecule has 4 saturated heterocycles. The molecule has 2 N–H and O–H groups in total. The van der Waals surface area contributed by atoms with E-state index >= 15 is 0 Å². The highest BCUT2D eigenvalue weighted by atomic mass is 16.7. The summed E-state index contributed by atoms with van der Waals surface area (Å²) in [4.78, 5) is 52.3. The van der Waals surface area contributed by atoms with Crippen LogP contribution in [0, 0.1) is 11.8 Å². The Bertz CT molecular complexity index is 1480. The Kier molecular flexibility index (Phi) is 18.0. The van der Waals surface area contributed by atoms with E-state index in [0.717, 1.165) is 0 Å². The number of allylic oxidation sites excluding steroid dienone is 3. The van der Waals surface area contributed by atoms with E-state index < -0.39 is 96.8 Å². The predicted octanol–water partition coefficient (Wildman–Crippen LogP) is 5.34. The highest BCUT2D eigenvalue weighted by molar-refractivity contribution is 5.83. The van der Waals surface area contributed by atoms with E-state index in [9.17, 15) is 29.4 Å². The highest BCUT2D eigenvalue weighted by Gasteiger charge is 2.57. The van der Waals surface area contributed by atoms with Crippen LogP contribution in [0.25, 0.3) is 0 Å². The van der Waals surface area contributed by atoms with Crippen molar-refractivity contribution >= 4 is 23.9 Å². The molecule has 0 radical (unpaired) electrons. The first-order valence-corrected chi connectivity index (χ1v) is 22.4. The molecule has 0 saturated carbocycles. The second-order valence-corrected chi connectivity index (χ2v) is 17.5. The van der Waals surface area contributed by atoms with Gasteiger partial charge < -0.3 is 52.8 Å². The molecule has 0 aromatic rings. The quantitative estimate of drug-likeness (QED) is 0.189. The first kappa shape index (κ1) is 48.1. The molecule has 15 nitrogen and oxygen atoms in total. The number of hydrogen-bond donors (Lipinski definition) is 2. The molecule has 16 atom stereocenters. The van der Waals surface area contributed by atoms with Gasteiger partial charge in [-0.3, -0.25) is 14.4 Å². The summed E-state index contributed by atoms with van der Waals surface area (Å²) < 4.78 is 55.3. The van der Waals surface area contributed by atoms with Gasteiger partial charge in [0.1, 0.15) is 18.3 Å². The lowest BCUT2D eigenvalue weighted by Crippen LogP contribution is -2.61. The average Bonchev–Trinajstić information content (AvgIpc) is 3.69. The van der Waals surface area contributed by atoms with Crippen LogP contribution in [-0.2, 0) is 61.8 Å². The van der Waals surface area contributed by atoms with Crippen molar-refractivity contribution in [2.75, 3.05) is 7.11 Å². The maximum atomic E-state index is 13.6. The van der Waals surface area contributed by atoms with Crippen LogP contribution in [0.3, 0.4) is 0 Å². The van der Waals surface area contributed by atoms with Crippen LogP contribution in [0.4, 0.5) is 0 Å². The molecule has 5 aliphatic heterocycles. The third kappa shape index (κ3) is 12.6. The first-order valence-electron chi connectivity index (χ1n) is 22.4. The SMILES string of the molecule is CCCC(=O)O[C@H]1[C@@H](OC)[C@H](O[C@@H]2C[C@@H]3C[C@H](OC(=O)CCC)[C@@]4(O)C[C@H](C[C@H](O)[C@@H]5C[C@H](C)[C@H](C/C=C\C=C\[C@H](C)C[C@H](C2)O3)O5)OC4=O)O[C@@H](C)[C@H]1OC(=O)CCC. The number of aliphatic hydroxyl groups is 2. The molecular formula is C45H70O15. The summed E-state index contributed by atoms with van der Waals surface area (Å²) in [6.45, 7) is 11.5. The van der Waals surface area contributed by atoms with Gasteiger partial charge in [-0.1, -0.05) is 58.9 Å². The third-order valence-corrected chi connectivity index (χ3v) is 12.3. The fraction of sp³-hybridized carbons (Fsp3) is 0.822. The van der Waals surface area contributed by atoms with Gasteiger partial charge in [0.05, 0.1) is 42.7 Å². The molecule has 15 heteroatoms. The highest BCUT2D eigenvalue weighted by Crippen LogP contribution is 2.40. The van der Waals surface area contributed by atoms with E-state index in [2.05, 4.69) is 26.0 Å². The summed E-state index contributed by atoms with van der Waals surface area (Å²) in [7, 11) is 1.45. The monoisotopic (exact) mass is 850 g/mol. The largest absolute Gasteiger partial charge is 0.460 e. The predicted molar refractivity (Wildman–Crippen MR) is 216 cm³/mol. The zero-order valence-electron chi connectivity index (χ0n) is 36.6. The van der Waals surface area contributed by atoms with Gasteiger partial charge in [0.15, 0.2) is 18.5 Å². The number of rotatable bonds is 12. The molecule has 0 aromatic heterocycles. The van der Waals surface area contributed by atoms with Crippen molar-refractivity contribution in [3.63, 3.8) is 0 Å². The molecule has 6 bridgehead atoms. The minimum atomic E-state index is -2.20. The first-order chi connectivity index (χ1) is 28.7. The van der Waals surface area contributed by atoms with E-state index in [1.165, 1.54) is 7.11 Å². The van der Waals surface area contributed by atoms with Crippen LogP contribution >= 0.6 is 0 Å². The number of ether oxygens (including phenoxy) is 9. The number of aliphatic hydroxyl groups excluding tert-OH is 1. The van der Waals surface area contributed by atoms with Crippen LogP contribution < -0.4 is 0 Å². The summed E-state index contributed by atoms with van der Waals surface area (Å²) in [6.07, 6.45) is 2.76. The third-order valence-electron chi connectivity index (χ3n) is 12.3. The normalized spacial score (nSPS) is 41.1. The number of esters is 4. The summed E-state index contributed by atoms with van der Waals surface area (Å²) >= 11 is 0. The van der Waals surface area contributed by atoms with Gasteiger partial charge in [0.2, 0.25) is 5.60 Å². The minimum Gasteiger partial charge on any atom is -0.460 e. The minimum absolute atomic E-state index is 0.0487. The van der Waals surface area contributed by atoms with Crippen molar-refractivity contribution in [3.8, 4) is 0 Å². The molecule has 0 aromatic carbocycles. The van der Waals surface area contributed by atoms with Gasteiger partial charge in [0.25, 0.3) is 0 Å². The van der Waals surface area contributed by atoms with Crippen molar-refractivity contribution < 1.29 is 72.0 Å². The van der Waals surface area contributed by atoms with Crippen molar-refractivity contribution in [2.45, 2.75) is 217 Å². The summed E-state index contributed by atoms with van der Waals surface area (Å²) in [5, 5.41) is 23.4. The number of methoxy groups -OCH3 is 1. The zero-order valence-corrected chi connectivity index (χ0v) is 36.6. The Morgan fingerprint density at radius 3 is 2.03 bits per heavy atom. The van der Waals surface area contributed by atoms with E-state index in [1.54, 1.807) is 6.92 Å². The van der Waals surface area contributed by atoms with Gasteiger partial charge in [-0.2, -0.15) is 0 Å². The summed E-state index contributed by atoms with van der Waals surface area (Å²) in [5.74, 6) is -2.13. The molecular weight excluding hydrogens is 780 g/mol. The number of carbonyl (C=O) groups is 4. The maximum absolute atomic E-state index is 13.6. The maximum Gasteiger partial charge on any atom is 0.342 e. The van der Waals surface area contributed by atoms with E-state index in [4.69, 9.17) is 42.6 Å². The topological polar surface area (TPSA) is 192 Å². The second-order valence-electron chi connectivity index (χ2n) is 17.5. The van der Waals surface area contributed by atoms with E-state index in [1.807, 2.05) is 32.9 Å². The second kappa shape index (κ2) is 22.4. The Morgan fingerprint density at radius 1 is 0.750 bits per heavy atom. The lowest BCUT2D eigenvalue weighted by atomic mass is 9.85. The molecule has 0 aliphatic carbocycles. The molecule has 60 heavy (non-hydrogen) atoms. The van der Waals surface area contributed by atoms with Gasteiger partial charge in [-0.05, 0) is 57.3 Å². The molecule has 5 rings (SSSR count). The molecule has 5 heterocycles. The van der Waals surface area contributed by atoms with Crippen LogP contribution in [0.15, 0.2) is 24.3 Å². The Balaban J connectivity index is 1.43. The summed E-state index contributed by atoms with van der Waals surface area (Å²) in [5.41, 5.74) is -2.20. The lowest BCUT2D eigenvalue weighted by Gasteiger charge is -2.46. The zero-order chi connectivity index (χ0) is 43.6. The molecule has 5 aliphatic rings. The van der Waals surface area contributed by atoms with Crippen LogP contribution in [0.2, 0.25) is 0 Å². The standard InChI is InChI=1S/C45H70O15/c1-8-14-37(47)58-36-24-31-22-30(55-43-42(52-7)41(60-39(49)16-10-3)40(28(6)53-43)59-38(48)15-9-2)21-29(54-31)19-26(4)17-12-11-13-18-34-27(5)20-35(57-34)33(46)23-32-25-45(36,51)44(50)56-32/h11-13,17,26-36,40-43,46,51H,8-10,14-16,18-25H2,1-7H3/b13-11-,17-12+/t26-,27-,28-,29+,30-,31+,32-,33-,34-,35-,36-,40+,41+,42+,43-,45-/m0/s1. The van der Waals surface area contributed by atoms with Crippen LogP contribution in [-0.4, -0.2) is 126 Å². The molecule has 340 valence electrons. The summed E-state index contributed by atoms with van der Waals surface area (Å²) in [6, 6.07) is 0. The van der Waals surface area contributed by atoms with Gasteiger partial charge >= 0.3 is 23.9 Å². The average molecular weight is 851 g/mol. The molecule has 4 fully saturated rings. The van der Waals surface area contributed by atoms with Crippen LogP contribution in [0.1, 0.15) is 131 Å². The van der Waals surface area contributed by atoms with Crippen molar-refractivity contribution in [3.05, 3.63) is 24.3 Å².